The third-order valence-corrected chi connectivity index (χ3v) is 2.09. The second-order valence-electron chi connectivity index (χ2n) is 3.51. The Hall–Kier alpha value is -1.44. The molecule has 0 aliphatic rings. The summed E-state index contributed by atoms with van der Waals surface area (Å²) in [5.74, 6) is 0. The van der Waals surface area contributed by atoms with Gasteiger partial charge in [-0.2, -0.15) is 26.3 Å². The van der Waals surface area contributed by atoms with Crippen molar-refractivity contribution in [3.8, 4) is 0 Å². The van der Waals surface area contributed by atoms with Crippen molar-refractivity contribution >= 4 is 5.69 Å². The van der Waals surface area contributed by atoms with E-state index in [2.05, 4.69) is 5.32 Å². The predicted molar refractivity (Wildman–Crippen MR) is 52.0 cm³/mol. The van der Waals surface area contributed by atoms with Gasteiger partial charge < -0.3 is 10.4 Å². The molecule has 2 N–H and O–H groups in total. The van der Waals surface area contributed by atoms with Crippen LogP contribution in [0.15, 0.2) is 24.3 Å². The molecular weight excluding hydrogens is 264 g/mol. The van der Waals surface area contributed by atoms with Crippen molar-refractivity contribution in [2.24, 2.45) is 0 Å². The molecule has 0 fully saturated rings. The summed E-state index contributed by atoms with van der Waals surface area (Å²) in [7, 11) is 0. The summed E-state index contributed by atoms with van der Waals surface area (Å²) >= 11 is 0. The van der Waals surface area contributed by atoms with Crippen molar-refractivity contribution in [2.75, 3.05) is 11.9 Å². The molecule has 0 amide bonds. The topological polar surface area (TPSA) is 32.3 Å². The van der Waals surface area contributed by atoms with Crippen LogP contribution in [-0.2, 0) is 6.18 Å². The van der Waals surface area contributed by atoms with Crippen LogP contribution in [0.25, 0.3) is 0 Å². The molecule has 0 radical (unpaired) electrons. The zero-order chi connectivity index (χ0) is 14.0. The van der Waals surface area contributed by atoms with E-state index < -0.39 is 30.6 Å². The number of alkyl halides is 6. The Bertz CT molecular complexity index is 383. The number of halogens is 6. The monoisotopic (exact) mass is 273 g/mol. The van der Waals surface area contributed by atoms with Crippen LogP contribution in [0.4, 0.5) is 32.0 Å². The van der Waals surface area contributed by atoms with Gasteiger partial charge in [-0.25, -0.2) is 0 Å². The normalized spacial score (nSPS) is 14.4. The predicted octanol–water partition coefficient (Wildman–Crippen LogP) is 3.04. The van der Waals surface area contributed by atoms with Gasteiger partial charge >= 0.3 is 12.4 Å². The first-order chi connectivity index (χ1) is 8.10. The van der Waals surface area contributed by atoms with Crippen molar-refractivity contribution in [2.45, 2.75) is 18.5 Å². The van der Waals surface area contributed by atoms with Crippen LogP contribution in [0.1, 0.15) is 5.56 Å². The molecular formula is C10H9F6NO. The van der Waals surface area contributed by atoms with Crippen molar-refractivity contribution in [3.63, 3.8) is 0 Å². The van der Waals surface area contributed by atoms with Gasteiger partial charge in [-0.15, -0.1) is 0 Å². The zero-order valence-corrected chi connectivity index (χ0v) is 8.81. The summed E-state index contributed by atoms with van der Waals surface area (Å²) in [5, 5.41) is 10.9. The van der Waals surface area contributed by atoms with Crippen LogP contribution >= 0.6 is 0 Å². The van der Waals surface area contributed by atoms with Gasteiger partial charge in [0.05, 0.1) is 5.56 Å². The first-order valence-corrected chi connectivity index (χ1v) is 4.76. The van der Waals surface area contributed by atoms with Crippen molar-refractivity contribution in [1.29, 1.82) is 0 Å². The maximum Gasteiger partial charge on any atom is 0.416 e. The third kappa shape index (κ3) is 4.10. The van der Waals surface area contributed by atoms with Crippen LogP contribution in [0.2, 0.25) is 0 Å². The lowest BCUT2D eigenvalue weighted by Gasteiger charge is -2.16. The minimum absolute atomic E-state index is 0.0614. The van der Waals surface area contributed by atoms with Gasteiger partial charge in [-0.3, -0.25) is 0 Å². The zero-order valence-electron chi connectivity index (χ0n) is 8.81. The van der Waals surface area contributed by atoms with E-state index in [0.29, 0.717) is 0 Å². The molecule has 0 aliphatic carbocycles. The van der Waals surface area contributed by atoms with Gasteiger partial charge in [0.25, 0.3) is 0 Å². The molecule has 1 atom stereocenters. The Morgan fingerprint density at radius 1 is 1.00 bits per heavy atom. The number of aliphatic hydroxyl groups is 1. The van der Waals surface area contributed by atoms with Crippen LogP contribution < -0.4 is 5.32 Å². The van der Waals surface area contributed by atoms with Gasteiger partial charge in [0, 0.05) is 12.2 Å². The molecule has 8 heteroatoms. The Kier molecular flexibility index (Phi) is 4.10. The van der Waals surface area contributed by atoms with E-state index in [9.17, 15) is 26.3 Å². The molecule has 18 heavy (non-hydrogen) atoms. The van der Waals surface area contributed by atoms with Crippen molar-refractivity contribution < 1.29 is 31.4 Å². The Balaban J connectivity index is 2.60. The summed E-state index contributed by atoms with van der Waals surface area (Å²) in [6.07, 6.45) is -11.8. The smallest absolute Gasteiger partial charge is 0.382 e. The Morgan fingerprint density at radius 3 is 1.89 bits per heavy atom. The minimum atomic E-state index is -4.76. The van der Waals surface area contributed by atoms with Crippen LogP contribution in [0, 0.1) is 0 Å². The summed E-state index contributed by atoms with van der Waals surface area (Å²) in [5.41, 5.74) is -0.837. The standard InChI is InChI=1S/C10H9F6NO/c11-9(12,13)6-1-3-7(4-2-6)17-5-8(18)10(14,15)16/h1-4,8,17-18H,5H2. The van der Waals surface area contributed by atoms with E-state index in [1.165, 1.54) is 0 Å². The number of benzene rings is 1. The highest BCUT2D eigenvalue weighted by atomic mass is 19.4. The van der Waals surface area contributed by atoms with E-state index in [4.69, 9.17) is 5.11 Å². The molecule has 1 aromatic carbocycles. The molecule has 1 unspecified atom stereocenters. The number of anilines is 1. The SMILES string of the molecule is OC(CNc1ccc(C(F)(F)F)cc1)C(F)(F)F. The minimum Gasteiger partial charge on any atom is -0.382 e. The Labute approximate surface area is 98.2 Å². The van der Waals surface area contributed by atoms with E-state index in [0.717, 1.165) is 24.3 Å². The Morgan fingerprint density at radius 2 is 1.50 bits per heavy atom. The lowest BCUT2D eigenvalue weighted by Crippen LogP contribution is -2.34. The highest BCUT2D eigenvalue weighted by molar-refractivity contribution is 5.45. The maximum absolute atomic E-state index is 12.2. The average molecular weight is 273 g/mol. The highest BCUT2D eigenvalue weighted by Gasteiger charge is 2.37. The number of nitrogens with one attached hydrogen (secondary N) is 1. The molecule has 0 aliphatic heterocycles. The molecule has 0 spiro atoms. The lowest BCUT2D eigenvalue weighted by molar-refractivity contribution is -0.198. The van der Waals surface area contributed by atoms with E-state index in [1.807, 2.05) is 0 Å². The molecule has 0 heterocycles. The highest BCUT2D eigenvalue weighted by Crippen LogP contribution is 2.30. The first-order valence-electron chi connectivity index (χ1n) is 4.76. The fourth-order valence-corrected chi connectivity index (χ4v) is 1.11. The number of rotatable bonds is 3. The van der Waals surface area contributed by atoms with Gasteiger partial charge in [-0.1, -0.05) is 0 Å². The van der Waals surface area contributed by atoms with Gasteiger partial charge in [0.15, 0.2) is 6.10 Å². The van der Waals surface area contributed by atoms with E-state index in [-0.39, 0.29) is 5.69 Å². The molecule has 2 nitrogen and oxygen atoms in total. The van der Waals surface area contributed by atoms with Crippen molar-refractivity contribution in [1.82, 2.24) is 0 Å². The molecule has 0 bridgehead atoms. The quantitative estimate of drug-likeness (QED) is 0.830. The van der Waals surface area contributed by atoms with E-state index >= 15 is 0 Å². The molecule has 0 aromatic heterocycles. The summed E-state index contributed by atoms with van der Waals surface area (Å²) in [6, 6.07) is 3.46. The third-order valence-electron chi connectivity index (χ3n) is 2.09. The second kappa shape index (κ2) is 5.05. The van der Waals surface area contributed by atoms with Crippen molar-refractivity contribution in [3.05, 3.63) is 29.8 Å². The van der Waals surface area contributed by atoms with Gasteiger partial charge in [-0.05, 0) is 24.3 Å². The van der Waals surface area contributed by atoms with E-state index in [1.54, 1.807) is 0 Å². The molecule has 102 valence electrons. The largest absolute Gasteiger partial charge is 0.416 e. The first kappa shape index (κ1) is 14.6. The van der Waals surface area contributed by atoms with Gasteiger partial charge in [0.1, 0.15) is 0 Å². The molecule has 1 aromatic rings. The number of hydrogen-bond acceptors (Lipinski definition) is 2. The molecule has 0 saturated carbocycles. The summed E-state index contributed by atoms with van der Waals surface area (Å²) in [4.78, 5) is 0. The lowest BCUT2D eigenvalue weighted by atomic mass is 10.2. The average Bonchev–Trinajstić information content (AvgIpc) is 2.24. The van der Waals surface area contributed by atoms with Gasteiger partial charge in [0.2, 0.25) is 0 Å². The second-order valence-corrected chi connectivity index (χ2v) is 3.51. The number of hydrogen-bond donors (Lipinski definition) is 2. The molecule has 0 saturated heterocycles. The number of aliphatic hydroxyl groups excluding tert-OH is 1. The maximum atomic E-state index is 12.2. The summed E-state index contributed by atoms with van der Waals surface area (Å²) < 4.78 is 72.3. The van der Waals surface area contributed by atoms with Crippen LogP contribution in [0.5, 0.6) is 0 Å². The summed E-state index contributed by atoms with van der Waals surface area (Å²) in [6.45, 7) is -0.825. The fourth-order valence-electron chi connectivity index (χ4n) is 1.11. The molecule has 1 rings (SSSR count). The van der Waals surface area contributed by atoms with Crippen LogP contribution in [0.3, 0.4) is 0 Å². The van der Waals surface area contributed by atoms with Crippen LogP contribution in [-0.4, -0.2) is 23.9 Å². The fraction of sp³-hybridized carbons (Fsp3) is 0.400.